The zero-order valence-electron chi connectivity index (χ0n) is 16.4. The van der Waals surface area contributed by atoms with Crippen LogP contribution in [0.4, 0.5) is 26.3 Å². The van der Waals surface area contributed by atoms with Crippen molar-refractivity contribution >= 4 is 42.8 Å². The fraction of sp³-hybridized carbons (Fsp3) is 0.222. The minimum Gasteiger partial charge on any atom is -0.342 e. The Kier molecular flexibility index (Phi) is 8.30. The summed E-state index contributed by atoms with van der Waals surface area (Å²) in [6.07, 6.45) is -2.54. The molecule has 1 N–H and O–H groups in total. The molecule has 2 aromatic heterocycles. The monoisotopic (exact) mass is 529 g/mol. The van der Waals surface area contributed by atoms with E-state index in [0.29, 0.717) is 12.1 Å². The highest BCUT2D eigenvalue weighted by molar-refractivity contribution is 8.00. The van der Waals surface area contributed by atoms with E-state index in [0.717, 1.165) is 18.6 Å². The van der Waals surface area contributed by atoms with Gasteiger partial charge in [0.2, 0.25) is 0 Å². The quantitative estimate of drug-likeness (QED) is 0.346. The molecule has 0 fully saturated rings. The van der Waals surface area contributed by atoms with Gasteiger partial charge in [-0.2, -0.15) is 49.6 Å². The van der Waals surface area contributed by atoms with Crippen molar-refractivity contribution in [1.82, 2.24) is 25.1 Å². The Balaban J connectivity index is 0.00000385. The molecule has 33 heavy (non-hydrogen) atoms. The van der Waals surface area contributed by atoms with Crippen molar-refractivity contribution in [2.24, 2.45) is 0 Å². The lowest BCUT2D eigenvalue weighted by molar-refractivity contribution is -0.137. The smallest absolute Gasteiger partial charge is 0.342 e. The molecule has 2 heterocycles. The second-order valence-electron chi connectivity index (χ2n) is 6.35. The molecule has 0 unspecified atom stereocenters. The summed E-state index contributed by atoms with van der Waals surface area (Å²) >= 11 is 5.38. The third-order valence-electron chi connectivity index (χ3n) is 3.97. The van der Waals surface area contributed by atoms with Crippen molar-refractivity contribution in [1.29, 1.82) is 0 Å². The molecule has 0 saturated heterocycles. The molecule has 15 heteroatoms. The Labute approximate surface area is 199 Å². The van der Waals surface area contributed by atoms with Crippen LogP contribution in [-0.4, -0.2) is 31.2 Å². The van der Waals surface area contributed by atoms with E-state index >= 15 is 0 Å². The van der Waals surface area contributed by atoms with E-state index in [4.69, 9.17) is 11.6 Å². The predicted octanol–water partition coefficient (Wildman–Crippen LogP) is 5.55. The molecular formula is C18H14ClF6N5OS2. The molecule has 0 bridgehead atoms. The van der Waals surface area contributed by atoms with Crippen LogP contribution in [0.15, 0.2) is 47.8 Å². The van der Waals surface area contributed by atoms with Crippen LogP contribution < -0.4 is 5.32 Å². The molecule has 0 aliphatic carbocycles. The molecule has 0 radical (unpaired) electrons. The predicted molar refractivity (Wildman–Crippen MR) is 114 cm³/mol. The van der Waals surface area contributed by atoms with E-state index in [1.165, 1.54) is 23.7 Å². The Bertz CT molecular complexity index is 1120. The first-order chi connectivity index (χ1) is 14.8. The number of halogens is 7. The minimum atomic E-state index is -4.69. The molecule has 3 rings (SSSR count). The maximum Gasteiger partial charge on any atom is 0.446 e. The SMILES string of the molecule is C[C@H](NC(=O)c1cc(Cl)cc(C(F)(F)F)c1)c1ncnn1-c1ccc(SC(F)(F)F)cn1.S. The number of carbonyl (C=O) groups is 1. The molecule has 3 aromatic rings. The lowest BCUT2D eigenvalue weighted by Crippen LogP contribution is -2.29. The minimum absolute atomic E-state index is 0. The van der Waals surface area contributed by atoms with Gasteiger partial charge in [-0.25, -0.2) is 9.97 Å². The van der Waals surface area contributed by atoms with Gasteiger partial charge in [0.15, 0.2) is 11.6 Å². The first-order valence-electron chi connectivity index (χ1n) is 8.64. The summed E-state index contributed by atoms with van der Waals surface area (Å²) in [5.74, 6) is -0.558. The van der Waals surface area contributed by atoms with Gasteiger partial charge in [-0.05, 0) is 49.0 Å². The number of hydrogen-bond donors (Lipinski definition) is 1. The van der Waals surface area contributed by atoms with Gasteiger partial charge in [-0.1, -0.05) is 11.6 Å². The number of amides is 1. The largest absolute Gasteiger partial charge is 0.446 e. The molecule has 0 spiro atoms. The normalized spacial score (nSPS) is 12.7. The molecule has 0 aliphatic heterocycles. The third-order valence-corrected chi connectivity index (χ3v) is 4.89. The number of pyridine rings is 1. The topological polar surface area (TPSA) is 72.7 Å². The second-order valence-corrected chi connectivity index (χ2v) is 7.93. The van der Waals surface area contributed by atoms with E-state index in [-0.39, 0.29) is 52.4 Å². The lowest BCUT2D eigenvalue weighted by atomic mass is 10.1. The van der Waals surface area contributed by atoms with E-state index in [2.05, 4.69) is 20.4 Å². The van der Waals surface area contributed by atoms with Gasteiger partial charge in [0.25, 0.3) is 5.91 Å². The van der Waals surface area contributed by atoms with E-state index in [1.54, 1.807) is 0 Å². The fourth-order valence-electron chi connectivity index (χ4n) is 2.64. The summed E-state index contributed by atoms with van der Waals surface area (Å²) in [7, 11) is 0. The number of carbonyl (C=O) groups excluding carboxylic acids is 1. The molecule has 1 amide bonds. The van der Waals surface area contributed by atoms with Crippen LogP contribution in [0.2, 0.25) is 5.02 Å². The number of hydrogen-bond acceptors (Lipinski definition) is 5. The molecule has 1 atom stereocenters. The fourth-order valence-corrected chi connectivity index (χ4v) is 3.39. The molecular weight excluding hydrogens is 516 g/mol. The molecule has 6 nitrogen and oxygen atoms in total. The summed E-state index contributed by atoms with van der Waals surface area (Å²) in [4.78, 5) is 20.3. The van der Waals surface area contributed by atoms with Crippen LogP contribution in [0, 0.1) is 0 Å². The molecule has 178 valence electrons. The van der Waals surface area contributed by atoms with Crippen LogP contribution in [0.3, 0.4) is 0 Å². The number of aromatic nitrogens is 4. The van der Waals surface area contributed by atoms with Crippen molar-refractivity contribution in [2.45, 2.75) is 29.5 Å². The van der Waals surface area contributed by atoms with Crippen LogP contribution in [-0.2, 0) is 6.18 Å². The average Bonchev–Trinajstić information content (AvgIpc) is 3.16. The average molecular weight is 530 g/mol. The molecule has 0 aliphatic rings. The van der Waals surface area contributed by atoms with Crippen molar-refractivity contribution in [3.63, 3.8) is 0 Å². The first kappa shape index (κ1) is 26.8. The van der Waals surface area contributed by atoms with Crippen molar-refractivity contribution in [2.75, 3.05) is 0 Å². The number of nitrogens with zero attached hydrogens (tertiary/aromatic N) is 4. The zero-order valence-corrected chi connectivity index (χ0v) is 18.9. The Hall–Kier alpha value is -2.45. The van der Waals surface area contributed by atoms with Gasteiger partial charge in [0, 0.05) is 21.7 Å². The van der Waals surface area contributed by atoms with Crippen LogP contribution in [0.1, 0.15) is 34.7 Å². The summed E-state index contributed by atoms with van der Waals surface area (Å²) < 4.78 is 77.5. The maximum atomic E-state index is 13.0. The first-order valence-corrected chi connectivity index (χ1v) is 9.83. The molecule has 0 saturated carbocycles. The van der Waals surface area contributed by atoms with Gasteiger partial charge in [0.05, 0.1) is 11.6 Å². The summed E-state index contributed by atoms with van der Waals surface area (Å²) in [5, 5.41) is 6.17. The van der Waals surface area contributed by atoms with Crippen LogP contribution in [0.25, 0.3) is 5.82 Å². The van der Waals surface area contributed by atoms with Crippen molar-refractivity contribution < 1.29 is 31.1 Å². The zero-order chi connectivity index (χ0) is 23.7. The van der Waals surface area contributed by atoms with Gasteiger partial charge in [0.1, 0.15) is 6.33 Å². The number of benzene rings is 1. The highest BCUT2D eigenvalue weighted by atomic mass is 35.5. The maximum absolute atomic E-state index is 13.0. The number of alkyl halides is 6. The van der Waals surface area contributed by atoms with Gasteiger partial charge in [-0.15, -0.1) is 0 Å². The van der Waals surface area contributed by atoms with Gasteiger partial charge >= 0.3 is 11.7 Å². The number of nitrogens with one attached hydrogen (secondary N) is 1. The summed E-state index contributed by atoms with van der Waals surface area (Å²) in [5.41, 5.74) is -5.85. The summed E-state index contributed by atoms with van der Waals surface area (Å²) in [6, 6.07) is 4.08. The van der Waals surface area contributed by atoms with Crippen LogP contribution >= 0.6 is 36.9 Å². The lowest BCUT2D eigenvalue weighted by Gasteiger charge is -2.15. The third kappa shape index (κ3) is 7.01. The van der Waals surface area contributed by atoms with Crippen LogP contribution in [0.5, 0.6) is 0 Å². The Morgan fingerprint density at radius 1 is 1.12 bits per heavy atom. The summed E-state index contributed by atoms with van der Waals surface area (Å²) in [6.45, 7) is 1.50. The standard InChI is InChI=1S/C18H12ClF6N5OS.H2S/c1-9(29-16(31)10-4-11(17(20,21)22)6-12(19)5-10)15-27-8-28-30(15)14-3-2-13(7-26-14)32-18(23,24)25;/h2-9H,1H3,(H,29,31);1H2/t9-;/m0./s1. The van der Waals surface area contributed by atoms with Crippen molar-refractivity contribution in [3.8, 4) is 5.82 Å². The number of thioether (sulfide) groups is 1. The molecule has 1 aromatic carbocycles. The Morgan fingerprint density at radius 2 is 1.82 bits per heavy atom. The Morgan fingerprint density at radius 3 is 2.39 bits per heavy atom. The highest BCUT2D eigenvalue weighted by Gasteiger charge is 2.32. The van der Waals surface area contributed by atoms with E-state index in [9.17, 15) is 31.1 Å². The van der Waals surface area contributed by atoms with Gasteiger partial charge in [-0.3, -0.25) is 4.79 Å². The highest BCUT2D eigenvalue weighted by Crippen LogP contribution is 2.36. The van der Waals surface area contributed by atoms with Gasteiger partial charge < -0.3 is 5.32 Å². The second kappa shape index (κ2) is 10.2. The van der Waals surface area contributed by atoms with Crippen molar-refractivity contribution in [3.05, 3.63) is 64.8 Å². The van der Waals surface area contributed by atoms with E-state index < -0.39 is 29.2 Å². The number of rotatable bonds is 5. The van der Waals surface area contributed by atoms with E-state index in [1.807, 2.05) is 0 Å².